The van der Waals surface area contributed by atoms with Gasteiger partial charge in [-0.3, -0.25) is 0 Å². The van der Waals surface area contributed by atoms with Crippen LogP contribution in [0.25, 0.3) is 32.9 Å². The number of rotatable bonds is 8. The maximum Gasteiger partial charge on any atom is 0.319 e. The van der Waals surface area contributed by atoms with Gasteiger partial charge in [0.15, 0.2) is 5.82 Å². The molecule has 3 saturated heterocycles. The number of nitrogens with zero attached hydrogens (tertiary/aromatic N) is 5. The molecule has 2 unspecified atom stereocenters. The summed E-state index contributed by atoms with van der Waals surface area (Å²) in [7, 11) is 1.46. The molecule has 3 aliphatic heterocycles. The number of likely N-dealkylation sites (tertiary alicyclic amines) is 1. The van der Waals surface area contributed by atoms with E-state index in [1.54, 1.807) is 0 Å². The number of nitrogens with one attached hydrogen (secondary N) is 1. The zero-order chi connectivity index (χ0) is 30.9. The van der Waals surface area contributed by atoms with E-state index in [9.17, 15) is 9.50 Å². The van der Waals surface area contributed by atoms with E-state index in [-0.39, 0.29) is 50.8 Å². The van der Waals surface area contributed by atoms with Gasteiger partial charge in [0.05, 0.1) is 19.3 Å². The maximum atomic E-state index is 16.9. The Morgan fingerprint density at radius 3 is 2.53 bits per heavy atom. The van der Waals surface area contributed by atoms with Gasteiger partial charge in [-0.15, -0.1) is 6.42 Å². The standard InChI is InChI=1S/C34H34F2N6O3/c1-3-23-25(35)8-5-19-13-22(43)14-24(26(19)23)29-28(36)30-27(32(38-29)44-2)31(42-15-20-6-7-21(16-42)37-20)40-33(39-30)45-18-34(9-10-34)17-41-11-4-12-41/h1,5,8,13-14,20-21,37,43H,4,6-7,9-12,15-18H2,2H3. The normalized spacial score (nSPS) is 22.0. The van der Waals surface area contributed by atoms with Gasteiger partial charge in [0.25, 0.3) is 0 Å². The zero-order valence-corrected chi connectivity index (χ0v) is 25.1. The summed E-state index contributed by atoms with van der Waals surface area (Å²) in [6.07, 6.45) is 11.2. The lowest BCUT2D eigenvalue weighted by atomic mass is 9.95. The molecule has 232 valence electrons. The first-order valence-corrected chi connectivity index (χ1v) is 15.6. The van der Waals surface area contributed by atoms with Gasteiger partial charge in [-0.25, -0.2) is 13.8 Å². The predicted molar refractivity (Wildman–Crippen MR) is 167 cm³/mol. The van der Waals surface area contributed by atoms with Crippen LogP contribution in [0.3, 0.4) is 0 Å². The number of pyridine rings is 1. The second-order valence-corrected chi connectivity index (χ2v) is 13.0. The summed E-state index contributed by atoms with van der Waals surface area (Å²) in [6.45, 7) is 5.02. The Bertz CT molecular complexity index is 1870. The van der Waals surface area contributed by atoms with E-state index in [1.807, 2.05) is 0 Å². The first-order chi connectivity index (χ1) is 21.8. The number of hydrogen-bond donors (Lipinski definition) is 2. The van der Waals surface area contributed by atoms with Crippen LogP contribution in [0.2, 0.25) is 0 Å². The number of halogens is 2. The van der Waals surface area contributed by atoms with Crippen molar-refractivity contribution in [2.75, 3.05) is 51.3 Å². The van der Waals surface area contributed by atoms with E-state index in [1.165, 1.54) is 37.8 Å². The van der Waals surface area contributed by atoms with Crippen molar-refractivity contribution in [2.24, 2.45) is 5.41 Å². The molecule has 2 aromatic heterocycles. The fourth-order valence-corrected chi connectivity index (χ4v) is 7.20. The van der Waals surface area contributed by atoms with Crippen LogP contribution in [0.5, 0.6) is 17.6 Å². The number of benzene rings is 2. The van der Waals surface area contributed by atoms with Crippen LogP contribution in [-0.2, 0) is 0 Å². The highest BCUT2D eigenvalue weighted by atomic mass is 19.1. The number of anilines is 1. The van der Waals surface area contributed by atoms with Gasteiger partial charge in [0, 0.05) is 48.1 Å². The lowest BCUT2D eigenvalue weighted by Crippen LogP contribution is -2.51. The van der Waals surface area contributed by atoms with Crippen molar-refractivity contribution in [3.05, 3.63) is 41.5 Å². The van der Waals surface area contributed by atoms with Crippen molar-refractivity contribution in [1.29, 1.82) is 0 Å². The monoisotopic (exact) mass is 612 g/mol. The van der Waals surface area contributed by atoms with E-state index in [0.29, 0.717) is 48.4 Å². The molecule has 4 aliphatic rings. The van der Waals surface area contributed by atoms with Crippen LogP contribution >= 0.6 is 0 Å². The summed E-state index contributed by atoms with van der Waals surface area (Å²) in [5.41, 5.74) is -0.0591. The van der Waals surface area contributed by atoms with Crippen molar-refractivity contribution in [2.45, 2.75) is 44.2 Å². The average molecular weight is 613 g/mol. The van der Waals surface area contributed by atoms with Crippen molar-refractivity contribution in [1.82, 2.24) is 25.2 Å². The van der Waals surface area contributed by atoms with Crippen LogP contribution in [0.15, 0.2) is 24.3 Å². The Balaban J connectivity index is 1.30. The van der Waals surface area contributed by atoms with Gasteiger partial charge >= 0.3 is 6.01 Å². The summed E-state index contributed by atoms with van der Waals surface area (Å²) >= 11 is 0. The minimum Gasteiger partial charge on any atom is -0.508 e. The summed E-state index contributed by atoms with van der Waals surface area (Å²) in [4.78, 5) is 18.7. The molecule has 2 bridgehead atoms. The Hall–Kier alpha value is -4.27. The Kier molecular flexibility index (Phi) is 6.69. The number of aromatic nitrogens is 3. The van der Waals surface area contributed by atoms with Crippen molar-refractivity contribution in [3.63, 3.8) is 0 Å². The molecule has 1 saturated carbocycles. The van der Waals surface area contributed by atoms with Crippen molar-refractivity contribution in [3.8, 4) is 41.2 Å². The third-order valence-electron chi connectivity index (χ3n) is 9.85. The molecule has 2 atom stereocenters. The average Bonchev–Trinajstić information content (AvgIpc) is 3.72. The Morgan fingerprint density at radius 2 is 1.87 bits per heavy atom. The number of hydrogen-bond acceptors (Lipinski definition) is 9. The first-order valence-electron chi connectivity index (χ1n) is 15.6. The number of piperazine rings is 1. The van der Waals surface area contributed by atoms with Crippen molar-refractivity contribution < 1.29 is 23.4 Å². The zero-order valence-electron chi connectivity index (χ0n) is 25.1. The van der Waals surface area contributed by atoms with Crippen LogP contribution in [-0.4, -0.2) is 83.5 Å². The predicted octanol–water partition coefficient (Wildman–Crippen LogP) is 4.62. The van der Waals surface area contributed by atoms with Crippen LogP contribution in [0.4, 0.5) is 14.6 Å². The third kappa shape index (κ3) is 4.87. The van der Waals surface area contributed by atoms with E-state index in [4.69, 9.17) is 20.9 Å². The highest BCUT2D eigenvalue weighted by Crippen LogP contribution is 2.48. The van der Waals surface area contributed by atoms with Crippen molar-refractivity contribution >= 4 is 27.5 Å². The molecule has 2 N–H and O–H groups in total. The fraction of sp³-hybridized carbons (Fsp3) is 0.441. The van der Waals surface area contributed by atoms with Gasteiger partial charge in [0.1, 0.15) is 34.0 Å². The SMILES string of the molecule is C#Cc1c(F)ccc2cc(O)cc(-c3nc(OC)c4c(N5CC6CCC(C5)N6)nc(OCC5(CN6CCC6)CC5)nc4c3F)c12. The Labute approximate surface area is 259 Å². The minimum atomic E-state index is -0.766. The molecule has 8 rings (SSSR count). The molecular formula is C34H34F2N6O3. The topological polar surface area (TPSA) is 95.9 Å². The summed E-state index contributed by atoms with van der Waals surface area (Å²) in [5, 5.41) is 15.3. The van der Waals surface area contributed by atoms with E-state index in [2.05, 4.69) is 31.0 Å². The molecule has 11 heteroatoms. The van der Waals surface area contributed by atoms with E-state index < -0.39 is 11.6 Å². The molecule has 0 radical (unpaired) electrons. The minimum absolute atomic E-state index is 0.0227. The summed E-state index contributed by atoms with van der Waals surface area (Å²) in [6, 6.07) is 6.18. The second kappa shape index (κ2) is 10.7. The van der Waals surface area contributed by atoms with Gasteiger partial charge in [-0.1, -0.05) is 12.0 Å². The smallest absolute Gasteiger partial charge is 0.319 e. The molecule has 1 aliphatic carbocycles. The molecular weight excluding hydrogens is 578 g/mol. The largest absolute Gasteiger partial charge is 0.508 e. The highest BCUT2D eigenvalue weighted by molar-refractivity contribution is 6.04. The molecule has 4 fully saturated rings. The number of aromatic hydroxyl groups is 1. The molecule has 0 amide bonds. The summed E-state index contributed by atoms with van der Waals surface area (Å²) < 4.78 is 43.9. The number of ether oxygens (including phenoxy) is 2. The summed E-state index contributed by atoms with van der Waals surface area (Å²) in [5.74, 6) is 1.46. The lowest BCUT2D eigenvalue weighted by Gasteiger charge is -2.35. The van der Waals surface area contributed by atoms with E-state index in [0.717, 1.165) is 45.3 Å². The maximum absolute atomic E-state index is 16.9. The highest BCUT2D eigenvalue weighted by Gasteiger charge is 2.46. The third-order valence-corrected chi connectivity index (χ3v) is 9.85. The lowest BCUT2D eigenvalue weighted by molar-refractivity contribution is 0.111. The molecule has 5 heterocycles. The van der Waals surface area contributed by atoms with Gasteiger partial charge in [-0.05, 0) is 68.8 Å². The molecule has 2 aromatic carbocycles. The van der Waals surface area contributed by atoms with Gasteiger partial charge < -0.3 is 29.7 Å². The van der Waals surface area contributed by atoms with Crippen LogP contribution < -0.4 is 19.7 Å². The Morgan fingerprint density at radius 1 is 1.09 bits per heavy atom. The number of phenols is 1. The number of terminal acetylenes is 1. The van der Waals surface area contributed by atoms with E-state index >= 15 is 4.39 Å². The van der Waals surface area contributed by atoms with Crippen LogP contribution in [0.1, 0.15) is 37.7 Å². The molecule has 4 aromatic rings. The first kappa shape index (κ1) is 28.2. The number of methoxy groups -OCH3 is 1. The van der Waals surface area contributed by atoms with Crippen LogP contribution in [0, 0.1) is 29.4 Å². The van der Waals surface area contributed by atoms with Gasteiger partial charge in [-0.2, -0.15) is 9.97 Å². The number of fused-ring (bicyclic) bond motifs is 4. The fourth-order valence-electron chi connectivity index (χ4n) is 7.20. The molecule has 0 spiro atoms. The molecule has 45 heavy (non-hydrogen) atoms. The number of phenolic OH excluding ortho intramolecular Hbond substituents is 1. The quantitative estimate of drug-likeness (QED) is 0.276. The molecule has 9 nitrogen and oxygen atoms in total. The second-order valence-electron chi connectivity index (χ2n) is 13.0. The van der Waals surface area contributed by atoms with Gasteiger partial charge in [0.2, 0.25) is 5.88 Å².